The zero-order chi connectivity index (χ0) is 14.8. The van der Waals surface area contributed by atoms with Gasteiger partial charge < -0.3 is 15.4 Å². The van der Waals surface area contributed by atoms with Gasteiger partial charge in [-0.2, -0.15) is 0 Å². The molecular formula is C14H19ClN4O2. The number of anilines is 1. The maximum atomic E-state index is 12.6. The van der Waals surface area contributed by atoms with Crippen LogP contribution in [0.3, 0.4) is 0 Å². The van der Waals surface area contributed by atoms with Gasteiger partial charge in [0.15, 0.2) is 0 Å². The first-order chi connectivity index (χ1) is 10.1. The fourth-order valence-corrected chi connectivity index (χ4v) is 3.14. The summed E-state index contributed by atoms with van der Waals surface area (Å²) in [6, 6.07) is 2.00. The molecule has 1 aromatic heterocycles. The number of hydrogen-bond donors (Lipinski definition) is 1. The second-order valence-corrected chi connectivity index (χ2v) is 5.81. The summed E-state index contributed by atoms with van der Waals surface area (Å²) in [5.74, 6) is -0.0874. The van der Waals surface area contributed by atoms with Gasteiger partial charge >= 0.3 is 0 Å². The summed E-state index contributed by atoms with van der Waals surface area (Å²) in [7, 11) is 0. The van der Waals surface area contributed by atoms with Crippen LogP contribution in [0.1, 0.15) is 16.8 Å². The molecule has 0 aliphatic carbocycles. The van der Waals surface area contributed by atoms with Gasteiger partial charge in [0.05, 0.1) is 30.7 Å². The average molecular weight is 311 g/mol. The average Bonchev–Trinajstić information content (AvgIpc) is 3.00. The van der Waals surface area contributed by atoms with Gasteiger partial charge in [0.2, 0.25) is 0 Å². The van der Waals surface area contributed by atoms with Crippen LogP contribution in [0.15, 0.2) is 12.3 Å². The number of carbonyl (C=O) groups excluding carboxylic acids is 1. The van der Waals surface area contributed by atoms with E-state index < -0.39 is 0 Å². The molecule has 1 amide bonds. The van der Waals surface area contributed by atoms with E-state index in [-0.39, 0.29) is 11.1 Å². The molecule has 0 bridgehead atoms. The van der Waals surface area contributed by atoms with Crippen LogP contribution < -0.4 is 5.73 Å². The molecule has 114 valence electrons. The van der Waals surface area contributed by atoms with Gasteiger partial charge in [0.1, 0.15) is 5.15 Å². The van der Waals surface area contributed by atoms with E-state index in [1.54, 1.807) is 6.07 Å². The lowest BCUT2D eigenvalue weighted by Gasteiger charge is -2.32. The fourth-order valence-electron chi connectivity index (χ4n) is 2.95. The molecule has 1 unspecified atom stereocenters. The first kappa shape index (κ1) is 14.6. The highest BCUT2D eigenvalue weighted by molar-refractivity contribution is 6.32. The van der Waals surface area contributed by atoms with Crippen molar-refractivity contribution in [2.75, 3.05) is 45.1 Å². The molecule has 3 heterocycles. The largest absolute Gasteiger partial charge is 0.397 e. The van der Waals surface area contributed by atoms with Crippen LogP contribution in [0, 0.1) is 0 Å². The van der Waals surface area contributed by atoms with E-state index in [0.717, 1.165) is 45.8 Å². The third kappa shape index (κ3) is 3.12. The molecule has 2 aliphatic rings. The third-order valence-corrected chi connectivity index (χ3v) is 4.40. The number of rotatable bonds is 2. The lowest BCUT2D eigenvalue weighted by Crippen LogP contribution is -2.45. The predicted octanol–water partition coefficient (Wildman–Crippen LogP) is 0.864. The molecular weight excluding hydrogens is 292 g/mol. The number of nitrogen functional groups attached to an aromatic ring is 1. The molecule has 0 saturated carbocycles. The maximum absolute atomic E-state index is 12.6. The van der Waals surface area contributed by atoms with Crippen molar-refractivity contribution in [3.05, 3.63) is 23.0 Å². The summed E-state index contributed by atoms with van der Waals surface area (Å²) in [4.78, 5) is 20.7. The number of amides is 1. The Bertz CT molecular complexity index is 534. The summed E-state index contributed by atoms with van der Waals surface area (Å²) >= 11 is 6.01. The Morgan fingerprint density at radius 2 is 2.14 bits per heavy atom. The van der Waals surface area contributed by atoms with E-state index in [4.69, 9.17) is 22.1 Å². The first-order valence-electron chi connectivity index (χ1n) is 7.17. The molecule has 0 spiro atoms. The second-order valence-electron chi connectivity index (χ2n) is 5.45. The fraction of sp³-hybridized carbons (Fsp3) is 0.571. The van der Waals surface area contributed by atoms with Crippen molar-refractivity contribution in [1.82, 2.24) is 14.8 Å². The Morgan fingerprint density at radius 1 is 1.38 bits per heavy atom. The Hall–Kier alpha value is -1.37. The van der Waals surface area contributed by atoms with E-state index in [0.29, 0.717) is 17.3 Å². The van der Waals surface area contributed by atoms with Crippen LogP contribution in [0.5, 0.6) is 0 Å². The van der Waals surface area contributed by atoms with Gasteiger partial charge in [-0.3, -0.25) is 9.69 Å². The number of ether oxygens (including phenoxy) is 1. The normalized spacial score (nSPS) is 23.5. The molecule has 6 nitrogen and oxygen atoms in total. The van der Waals surface area contributed by atoms with E-state index in [1.165, 1.54) is 6.20 Å². The van der Waals surface area contributed by atoms with Crippen molar-refractivity contribution in [2.24, 2.45) is 0 Å². The van der Waals surface area contributed by atoms with Gasteiger partial charge in [-0.1, -0.05) is 11.6 Å². The highest BCUT2D eigenvalue weighted by Crippen LogP contribution is 2.22. The minimum atomic E-state index is -0.0874. The van der Waals surface area contributed by atoms with Crippen molar-refractivity contribution in [1.29, 1.82) is 0 Å². The molecule has 21 heavy (non-hydrogen) atoms. The van der Waals surface area contributed by atoms with E-state index in [9.17, 15) is 4.79 Å². The minimum absolute atomic E-state index is 0.0874. The van der Waals surface area contributed by atoms with E-state index in [2.05, 4.69) is 9.88 Å². The summed E-state index contributed by atoms with van der Waals surface area (Å²) in [6.07, 6.45) is 2.44. The molecule has 2 aliphatic heterocycles. The number of morpholine rings is 1. The van der Waals surface area contributed by atoms with Gasteiger partial charge in [0.25, 0.3) is 5.91 Å². The van der Waals surface area contributed by atoms with Crippen molar-refractivity contribution in [2.45, 2.75) is 12.5 Å². The number of likely N-dealkylation sites (tertiary alicyclic amines) is 1. The van der Waals surface area contributed by atoms with Crippen LogP contribution in [0.2, 0.25) is 5.15 Å². The zero-order valence-corrected chi connectivity index (χ0v) is 12.6. The van der Waals surface area contributed by atoms with Gasteiger partial charge in [0, 0.05) is 32.2 Å². The molecule has 0 radical (unpaired) electrons. The molecule has 3 rings (SSSR count). The lowest BCUT2D eigenvalue weighted by atomic mass is 10.2. The monoisotopic (exact) mass is 310 g/mol. The van der Waals surface area contributed by atoms with Crippen molar-refractivity contribution >= 4 is 23.2 Å². The lowest BCUT2D eigenvalue weighted by molar-refractivity contribution is 0.0185. The van der Waals surface area contributed by atoms with E-state index >= 15 is 0 Å². The zero-order valence-electron chi connectivity index (χ0n) is 11.8. The Morgan fingerprint density at radius 3 is 2.90 bits per heavy atom. The molecule has 7 heteroatoms. The number of carbonyl (C=O) groups is 1. The standard InChI is InChI=1S/C14H19ClN4O2/c15-13-12(7-10(16)8-17-13)14(20)19-2-1-11(9-19)18-3-5-21-6-4-18/h7-8,11H,1-6,9,16H2. The van der Waals surface area contributed by atoms with Crippen molar-refractivity contribution in [3.8, 4) is 0 Å². The maximum Gasteiger partial charge on any atom is 0.257 e. The van der Waals surface area contributed by atoms with Crippen LogP contribution in [-0.4, -0.2) is 66.1 Å². The Kier molecular flexibility index (Phi) is 4.28. The Balaban J connectivity index is 1.67. The SMILES string of the molecule is Nc1cnc(Cl)c(C(=O)N2CCC(N3CCOCC3)C2)c1. The number of aromatic nitrogens is 1. The van der Waals surface area contributed by atoms with Crippen LogP contribution in [0.4, 0.5) is 5.69 Å². The van der Waals surface area contributed by atoms with Gasteiger partial charge in [-0.15, -0.1) is 0 Å². The number of pyridine rings is 1. The highest BCUT2D eigenvalue weighted by atomic mass is 35.5. The smallest absolute Gasteiger partial charge is 0.257 e. The summed E-state index contributed by atoms with van der Waals surface area (Å²) in [5, 5.41) is 0.212. The number of nitrogens with two attached hydrogens (primary N) is 1. The topological polar surface area (TPSA) is 71.7 Å². The minimum Gasteiger partial charge on any atom is -0.397 e. The van der Waals surface area contributed by atoms with Crippen molar-refractivity contribution < 1.29 is 9.53 Å². The van der Waals surface area contributed by atoms with Crippen LogP contribution >= 0.6 is 11.6 Å². The number of hydrogen-bond acceptors (Lipinski definition) is 5. The molecule has 1 atom stereocenters. The van der Waals surface area contributed by atoms with Gasteiger partial charge in [-0.25, -0.2) is 4.98 Å². The molecule has 0 aromatic carbocycles. The quantitative estimate of drug-likeness (QED) is 0.821. The molecule has 2 saturated heterocycles. The summed E-state index contributed by atoms with van der Waals surface area (Å²) in [5.41, 5.74) is 6.53. The van der Waals surface area contributed by atoms with Crippen molar-refractivity contribution in [3.63, 3.8) is 0 Å². The first-order valence-corrected chi connectivity index (χ1v) is 7.55. The number of halogens is 1. The predicted molar refractivity (Wildman–Crippen MR) is 80.4 cm³/mol. The third-order valence-electron chi connectivity index (χ3n) is 4.10. The Labute approximate surface area is 128 Å². The molecule has 1 aromatic rings. The summed E-state index contributed by atoms with van der Waals surface area (Å²) in [6.45, 7) is 4.89. The van der Waals surface area contributed by atoms with Gasteiger partial charge in [-0.05, 0) is 12.5 Å². The molecule has 2 N–H and O–H groups in total. The molecule has 2 fully saturated rings. The second kappa shape index (κ2) is 6.17. The van der Waals surface area contributed by atoms with E-state index in [1.807, 2.05) is 4.90 Å². The summed E-state index contributed by atoms with van der Waals surface area (Å²) < 4.78 is 5.37. The highest BCUT2D eigenvalue weighted by Gasteiger charge is 2.32. The van der Waals surface area contributed by atoms with Crippen LogP contribution in [0.25, 0.3) is 0 Å². The van der Waals surface area contributed by atoms with Crippen LogP contribution in [-0.2, 0) is 4.74 Å². The number of nitrogens with zero attached hydrogens (tertiary/aromatic N) is 3.